The molecule has 1 aromatic heterocycles. The smallest absolute Gasteiger partial charge is 0.0641 e. The van der Waals surface area contributed by atoms with Gasteiger partial charge in [0.25, 0.3) is 0 Å². The van der Waals surface area contributed by atoms with Gasteiger partial charge >= 0.3 is 0 Å². The first-order chi connectivity index (χ1) is 6.81. The molecule has 0 saturated heterocycles. The first kappa shape index (κ1) is 9.09. The Labute approximate surface area is 83.1 Å². The van der Waals surface area contributed by atoms with Crippen LogP contribution in [-0.4, -0.2) is 18.3 Å². The highest BCUT2D eigenvalue weighted by molar-refractivity contribution is 5.83. The zero-order valence-corrected chi connectivity index (χ0v) is 8.23. The van der Waals surface area contributed by atoms with Crippen molar-refractivity contribution in [3.63, 3.8) is 0 Å². The van der Waals surface area contributed by atoms with Crippen LogP contribution in [-0.2, 0) is 11.3 Å². The Morgan fingerprint density at radius 2 is 2.21 bits per heavy atom. The van der Waals surface area contributed by atoms with Gasteiger partial charge in [-0.25, -0.2) is 0 Å². The van der Waals surface area contributed by atoms with Crippen molar-refractivity contribution in [2.24, 2.45) is 0 Å². The van der Waals surface area contributed by atoms with Crippen LogP contribution in [0.1, 0.15) is 0 Å². The SMILES string of the molecule is COCCn1ccc2cc(N)ccc21. The second-order valence-corrected chi connectivity index (χ2v) is 3.32. The molecule has 0 unspecified atom stereocenters. The number of rotatable bonds is 3. The van der Waals surface area contributed by atoms with Gasteiger partial charge in [0.15, 0.2) is 0 Å². The lowest BCUT2D eigenvalue weighted by Crippen LogP contribution is -2.02. The van der Waals surface area contributed by atoms with Gasteiger partial charge in [-0.1, -0.05) is 0 Å². The van der Waals surface area contributed by atoms with E-state index in [9.17, 15) is 0 Å². The fourth-order valence-corrected chi connectivity index (χ4v) is 1.60. The van der Waals surface area contributed by atoms with Gasteiger partial charge in [0.2, 0.25) is 0 Å². The van der Waals surface area contributed by atoms with Gasteiger partial charge in [-0.15, -0.1) is 0 Å². The number of anilines is 1. The van der Waals surface area contributed by atoms with Crippen LogP contribution in [0.3, 0.4) is 0 Å². The summed E-state index contributed by atoms with van der Waals surface area (Å²) in [6, 6.07) is 8.02. The van der Waals surface area contributed by atoms with Crippen LogP contribution in [0.5, 0.6) is 0 Å². The molecule has 0 saturated carbocycles. The number of methoxy groups -OCH3 is 1. The van der Waals surface area contributed by atoms with Gasteiger partial charge in [-0.2, -0.15) is 0 Å². The summed E-state index contributed by atoms with van der Waals surface area (Å²) in [5.74, 6) is 0. The summed E-state index contributed by atoms with van der Waals surface area (Å²) >= 11 is 0. The largest absolute Gasteiger partial charge is 0.399 e. The average Bonchev–Trinajstić information content (AvgIpc) is 2.57. The number of nitrogens with two attached hydrogens (primary N) is 1. The predicted octanol–water partition coefficient (Wildman–Crippen LogP) is 1.87. The van der Waals surface area contributed by atoms with Crippen LogP contribution in [0.25, 0.3) is 10.9 Å². The maximum absolute atomic E-state index is 5.70. The molecule has 14 heavy (non-hydrogen) atoms. The van der Waals surface area contributed by atoms with Crippen molar-refractivity contribution in [3.05, 3.63) is 30.5 Å². The highest BCUT2D eigenvalue weighted by atomic mass is 16.5. The van der Waals surface area contributed by atoms with Crippen LogP contribution in [0.2, 0.25) is 0 Å². The summed E-state index contributed by atoms with van der Waals surface area (Å²) in [5.41, 5.74) is 7.71. The molecule has 0 aliphatic rings. The summed E-state index contributed by atoms with van der Waals surface area (Å²) in [7, 11) is 1.71. The number of hydrogen-bond donors (Lipinski definition) is 1. The van der Waals surface area contributed by atoms with Gasteiger partial charge in [0, 0.05) is 36.4 Å². The zero-order valence-electron chi connectivity index (χ0n) is 8.23. The molecule has 3 nitrogen and oxygen atoms in total. The van der Waals surface area contributed by atoms with Crippen molar-refractivity contribution in [1.82, 2.24) is 4.57 Å². The molecule has 0 spiro atoms. The molecular formula is C11H14N2O. The summed E-state index contributed by atoms with van der Waals surface area (Å²) in [6.07, 6.45) is 2.06. The van der Waals surface area contributed by atoms with E-state index < -0.39 is 0 Å². The van der Waals surface area contributed by atoms with E-state index in [1.807, 2.05) is 18.2 Å². The summed E-state index contributed by atoms with van der Waals surface area (Å²) < 4.78 is 7.21. The average molecular weight is 190 g/mol. The van der Waals surface area contributed by atoms with Crippen molar-refractivity contribution >= 4 is 16.6 Å². The third-order valence-corrected chi connectivity index (χ3v) is 2.33. The van der Waals surface area contributed by atoms with E-state index in [-0.39, 0.29) is 0 Å². The number of fused-ring (bicyclic) bond motifs is 1. The second kappa shape index (κ2) is 3.72. The molecule has 1 aromatic carbocycles. The first-order valence-electron chi connectivity index (χ1n) is 4.64. The van der Waals surface area contributed by atoms with E-state index in [1.165, 1.54) is 10.9 Å². The summed E-state index contributed by atoms with van der Waals surface area (Å²) in [5, 5.41) is 1.18. The molecule has 0 atom stereocenters. The monoisotopic (exact) mass is 190 g/mol. The molecule has 3 heteroatoms. The van der Waals surface area contributed by atoms with E-state index >= 15 is 0 Å². The zero-order chi connectivity index (χ0) is 9.97. The lowest BCUT2D eigenvalue weighted by Gasteiger charge is -2.04. The van der Waals surface area contributed by atoms with Gasteiger partial charge in [-0.3, -0.25) is 0 Å². The van der Waals surface area contributed by atoms with E-state index in [0.29, 0.717) is 0 Å². The van der Waals surface area contributed by atoms with Crippen LogP contribution < -0.4 is 5.73 Å². The Hall–Kier alpha value is -1.48. The highest BCUT2D eigenvalue weighted by Gasteiger charge is 2.00. The third kappa shape index (κ3) is 1.59. The maximum atomic E-state index is 5.70. The minimum absolute atomic E-state index is 0.730. The molecule has 2 aromatic rings. The molecule has 2 rings (SSSR count). The number of nitrogens with zero attached hydrogens (tertiary/aromatic N) is 1. The molecule has 74 valence electrons. The van der Waals surface area contributed by atoms with Gasteiger partial charge in [0.1, 0.15) is 0 Å². The minimum atomic E-state index is 0.730. The Morgan fingerprint density at radius 3 is 3.00 bits per heavy atom. The van der Waals surface area contributed by atoms with Crippen LogP contribution in [0.15, 0.2) is 30.5 Å². The fraction of sp³-hybridized carbons (Fsp3) is 0.273. The van der Waals surface area contributed by atoms with Crippen molar-refractivity contribution in [1.29, 1.82) is 0 Å². The predicted molar refractivity (Wildman–Crippen MR) is 58.2 cm³/mol. The quantitative estimate of drug-likeness (QED) is 0.750. The number of aromatic nitrogens is 1. The normalized spacial score (nSPS) is 10.9. The van der Waals surface area contributed by atoms with Crippen molar-refractivity contribution < 1.29 is 4.74 Å². The van der Waals surface area contributed by atoms with E-state index in [4.69, 9.17) is 10.5 Å². The summed E-state index contributed by atoms with van der Waals surface area (Å²) in [6.45, 7) is 1.61. The van der Waals surface area contributed by atoms with Crippen molar-refractivity contribution in [3.8, 4) is 0 Å². The third-order valence-electron chi connectivity index (χ3n) is 2.33. The first-order valence-corrected chi connectivity index (χ1v) is 4.64. The molecule has 0 aliphatic carbocycles. The Bertz CT molecular complexity index is 434. The molecule has 0 bridgehead atoms. The van der Waals surface area contributed by atoms with Gasteiger partial charge < -0.3 is 15.0 Å². The summed E-state index contributed by atoms with van der Waals surface area (Å²) in [4.78, 5) is 0. The Balaban J connectivity index is 2.37. The molecule has 2 N–H and O–H groups in total. The fourth-order valence-electron chi connectivity index (χ4n) is 1.60. The molecule has 1 heterocycles. The molecular weight excluding hydrogens is 176 g/mol. The van der Waals surface area contributed by atoms with E-state index in [0.717, 1.165) is 18.8 Å². The van der Waals surface area contributed by atoms with Crippen molar-refractivity contribution in [2.45, 2.75) is 6.54 Å². The lowest BCUT2D eigenvalue weighted by molar-refractivity contribution is 0.188. The number of ether oxygens (including phenoxy) is 1. The topological polar surface area (TPSA) is 40.2 Å². The number of benzene rings is 1. The van der Waals surface area contributed by atoms with Crippen LogP contribution in [0, 0.1) is 0 Å². The molecule has 0 fully saturated rings. The number of hydrogen-bond acceptors (Lipinski definition) is 2. The van der Waals surface area contributed by atoms with E-state index in [2.05, 4.69) is 16.8 Å². The van der Waals surface area contributed by atoms with E-state index in [1.54, 1.807) is 7.11 Å². The highest BCUT2D eigenvalue weighted by Crippen LogP contribution is 2.18. The second-order valence-electron chi connectivity index (χ2n) is 3.32. The Morgan fingerprint density at radius 1 is 1.36 bits per heavy atom. The standard InChI is InChI=1S/C11H14N2O/c1-14-7-6-13-5-4-9-8-10(12)2-3-11(9)13/h2-5,8H,6-7,12H2,1H3. The van der Waals surface area contributed by atoms with Crippen LogP contribution in [0.4, 0.5) is 5.69 Å². The van der Waals surface area contributed by atoms with Gasteiger partial charge in [-0.05, 0) is 24.3 Å². The van der Waals surface area contributed by atoms with Crippen LogP contribution >= 0.6 is 0 Å². The molecule has 0 radical (unpaired) electrons. The Kier molecular flexibility index (Phi) is 2.41. The minimum Gasteiger partial charge on any atom is -0.399 e. The maximum Gasteiger partial charge on any atom is 0.0641 e. The van der Waals surface area contributed by atoms with Crippen molar-refractivity contribution in [2.75, 3.05) is 19.5 Å². The van der Waals surface area contributed by atoms with Gasteiger partial charge in [0.05, 0.1) is 6.61 Å². The lowest BCUT2D eigenvalue weighted by atomic mass is 10.2. The number of nitrogen functional groups attached to an aromatic ring is 1. The molecule has 0 amide bonds. The molecule has 0 aliphatic heterocycles.